The molecule has 0 radical (unpaired) electrons. The average molecular weight is 284 g/mol. The molecule has 0 aliphatic heterocycles. The topological polar surface area (TPSA) is 61.4 Å². The van der Waals surface area contributed by atoms with Crippen molar-refractivity contribution in [2.45, 2.75) is 77.9 Å². The van der Waals surface area contributed by atoms with Crippen molar-refractivity contribution in [3.63, 3.8) is 0 Å². The SMILES string of the molecule is CC1(C)CCC(O)(CNC(=O)CCNC(C)(C)C)CC1. The molecule has 0 atom stereocenters. The molecule has 1 aliphatic carbocycles. The van der Waals surface area contributed by atoms with Crippen molar-refractivity contribution in [1.29, 1.82) is 0 Å². The summed E-state index contributed by atoms with van der Waals surface area (Å²) in [6, 6.07) is 0. The van der Waals surface area contributed by atoms with Crippen LogP contribution >= 0.6 is 0 Å². The molecule has 1 amide bonds. The van der Waals surface area contributed by atoms with Gasteiger partial charge in [0.25, 0.3) is 0 Å². The Labute approximate surface area is 123 Å². The molecule has 4 heteroatoms. The van der Waals surface area contributed by atoms with Gasteiger partial charge >= 0.3 is 0 Å². The molecule has 1 fully saturated rings. The van der Waals surface area contributed by atoms with Gasteiger partial charge in [-0.05, 0) is 51.9 Å². The molecule has 0 spiro atoms. The van der Waals surface area contributed by atoms with Gasteiger partial charge in [0.1, 0.15) is 0 Å². The zero-order chi connectivity index (χ0) is 15.4. The molecule has 0 aromatic carbocycles. The Balaban J connectivity index is 2.24. The minimum Gasteiger partial charge on any atom is -0.388 e. The Bertz CT molecular complexity index is 322. The minimum atomic E-state index is -0.706. The normalized spacial score (nSPS) is 21.5. The Morgan fingerprint density at radius 3 is 2.20 bits per heavy atom. The molecule has 0 aromatic heterocycles. The first-order chi connectivity index (χ1) is 9.02. The van der Waals surface area contributed by atoms with Crippen LogP contribution in [0.25, 0.3) is 0 Å². The maximum atomic E-state index is 11.8. The first-order valence-electron chi connectivity index (χ1n) is 7.76. The number of carbonyl (C=O) groups excluding carboxylic acids is 1. The number of amides is 1. The number of carbonyl (C=O) groups is 1. The first kappa shape index (κ1) is 17.4. The fourth-order valence-electron chi connectivity index (χ4n) is 2.47. The lowest BCUT2D eigenvalue weighted by molar-refractivity contribution is -0.123. The molecule has 1 saturated carbocycles. The summed E-state index contributed by atoms with van der Waals surface area (Å²) in [5, 5.41) is 16.6. The van der Waals surface area contributed by atoms with Crippen LogP contribution in [0.2, 0.25) is 0 Å². The largest absolute Gasteiger partial charge is 0.388 e. The van der Waals surface area contributed by atoms with E-state index in [4.69, 9.17) is 0 Å². The van der Waals surface area contributed by atoms with Crippen molar-refractivity contribution in [2.75, 3.05) is 13.1 Å². The van der Waals surface area contributed by atoms with Gasteiger partial charge in [0.2, 0.25) is 5.91 Å². The standard InChI is InChI=1S/C16H32N2O2/c1-14(2,3)18-11-6-13(19)17-12-16(20)9-7-15(4,5)8-10-16/h18,20H,6-12H2,1-5H3,(H,17,19). The smallest absolute Gasteiger partial charge is 0.221 e. The molecule has 20 heavy (non-hydrogen) atoms. The number of nitrogens with one attached hydrogen (secondary N) is 2. The number of hydrogen-bond acceptors (Lipinski definition) is 3. The predicted molar refractivity (Wildman–Crippen MR) is 82.6 cm³/mol. The van der Waals surface area contributed by atoms with Gasteiger partial charge in [-0.25, -0.2) is 0 Å². The van der Waals surface area contributed by atoms with Crippen LogP contribution in [0.15, 0.2) is 0 Å². The molecule has 1 rings (SSSR count). The highest BCUT2D eigenvalue weighted by Gasteiger charge is 2.36. The Morgan fingerprint density at radius 2 is 1.70 bits per heavy atom. The summed E-state index contributed by atoms with van der Waals surface area (Å²) in [6.07, 6.45) is 4.05. The maximum absolute atomic E-state index is 11.8. The van der Waals surface area contributed by atoms with E-state index in [9.17, 15) is 9.90 Å². The maximum Gasteiger partial charge on any atom is 0.221 e. The molecule has 1 aliphatic rings. The van der Waals surface area contributed by atoms with E-state index in [2.05, 4.69) is 45.3 Å². The highest BCUT2D eigenvalue weighted by Crippen LogP contribution is 2.39. The van der Waals surface area contributed by atoms with Crippen molar-refractivity contribution < 1.29 is 9.90 Å². The van der Waals surface area contributed by atoms with Crippen LogP contribution in [-0.2, 0) is 4.79 Å². The van der Waals surface area contributed by atoms with E-state index in [-0.39, 0.29) is 11.4 Å². The van der Waals surface area contributed by atoms with Gasteiger partial charge in [-0.15, -0.1) is 0 Å². The zero-order valence-corrected chi connectivity index (χ0v) is 13.8. The Morgan fingerprint density at radius 1 is 1.15 bits per heavy atom. The van der Waals surface area contributed by atoms with Crippen molar-refractivity contribution in [1.82, 2.24) is 10.6 Å². The third kappa shape index (κ3) is 6.71. The summed E-state index contributed by atoms with van der Waals surface area (Å²) in [4.78, 5) is 11.8. The van der Waals surface area contributed by atoms with E-state index in [1.54, 1.807) is 0 Å². The van der Waals surface area contributed by atoms with Gasteiger partial charge in [-0.1, -0.05) is 13.8 Å². The lowest BCUT2D eigenvalue weighted by Gasteiger charge is -2.40. The second-order valence-corrected chi connectivity index (χ2v) is 8.09. The van der Waals surface area contributed by atoms with Crippen molar-refractivity contribution >= 4 is 5.91 Å². The number of rotatable bonds is 5. The summed E-state index contributed by atoms with van der Waals surface area (Å²) < 4.78 is 0. The van der Waals surface area contributed by atoms with Crippen LogP contribution in [0.4, 0.5) is 0 Å². The van der Waals surface area contributed by atoms with Gasteiger partial charge in [0.15, 0.2) is 0 Å². The highest BCUT2D eigenvalue weighted by molar-refractivity contribution is 5.76. The minimum absolute atomic E-state index is 0.0139. The van der Waals surface area contributed by atoms with E-state index in [1.165, 1.54) is 0 Å². The molecule has 4 nitrogen and oxygen atoms in total. The van der Waals surface area contributed by atoms with Crippen molar-refractivity contribution in [3.8, 4) is 0 Å². The summed E-state index contributed by atoms with van der Waals surface area (Å²) >= 11 is 0. The van der Waals surface area contributed by atoms with E-state index >= 15 is 0 Å². The van der Waals surface area contributed by atoms with Crippen LogP contribution in [0, 0.1) is 5.41 Å². The van der Waals surface area contributed by atoms with E-state index in [1.807, 2.05) is 0 Å². The van der Waals surface area contributed by atoms with Gasteiger partial charge in [0.05, 0.1) is 5.60 Å². The van der Waals surface area contributed by atoms with Crippen LogP contribution in [0.5, 0.6) is 0 Å². The van der Waals surface area contributed by atoms with Crippen LogP contribution in [0.1, 0.15) is 66.7 Å². The van der Waals surface area contributed by atoms with E-state index in [0.29, 0.717) is 24.9 Å². The van der Waals surface area contributed by atoms with E-state index in [0.717, 1.165) is 25.7 Å². The third-order valence-corrected chi connectivity index (χ3v) is 4.16. The fourth-order valence-corrected chi connectivity index (χ4v) is 2.47. The molecule has 0 unspecified atom stereocenters. The predicted octanol–water partition coefficient (Wildman–Crippen LogP) is 2.21. The molecule has 0 heterocycles. The van der Waals surface area contributed by atoms with Gasteiger partial charge in [-0.3, -0.25) is 4.79 Å². The number of hydrogen-bond donors (Lipinski definition) is 3. The molecular weight excluding hydrogens is 252 g/mol. The molecule has 0 aromatic rings. The van der Waals surface area contributed by atoms with Gasteiger partial charge < -0.3 is 15.7 Å². The molecular formula is C16H32N2O2. The third-order valence-electron chi connectivity index (χ3n) is 4.16. The second-order valence-electron chi connectivity index (χ2n) is 8.09. The van der Waals surface area contributed by atoms with Gasteiger partial charge in [0, 0.05) is 25.0 Å². The zero-order valence-electron chi connectivity index (χ0n) is 13.8. The summed E-state index contributed by atoms with van der Waals surface area (Å²) in [6.45, 7) is 11.8. The average Bonchev–Trinajstić information content (AvgIpc) is 2.30. The fraction of sp³-hybridized carbons (Fsp3) is 0.938. The molecule has 118 valence electrons. The van der Waals surface area contributed by atoms with Crippen molar-refractivity contribution in [3.05, 3.63) is 0 Å². The van der Waals surface area contributed by atoms with Crippen LogP contribution in [-0.4, -0.2) is 35.2 Å². The summed E-state index contributed by atoms with van der Waals surface area (Å²) in [7, 11) is 0. The van der Waals surface area contributed by atoms with E-state index < -0.39 is 5.60 Å². The summed E-state index contributed by atoms with van der Waals surface area (Å²) in [5.41, 5.74) is -0.344. The van der Waals surface area contributed by atoms with Gasteiger partial charge in [-0.2, -0.15) is 0 Å². The highest BCUT2D eigenvalue weighted by atomic mass is 16.3. The van der Waals surface area contributed by atoms with Crippen molar-refractivity contribution in [2.24, 2.45) is 5.41 Å². The Kier molecular flexibility index (Phi) is 5.61. The first-order valence-corrected chi connectivity index (χ1v) is 7.76. The summed E-state index contributed by atoms with van der Waals surface area (Å²) in [5.74, 6) is 0.0139. The molecule has 0 bridgehead atoms. The quantitative estimate of drug-likeness (QED) is 0.725. The lowest BCUT2D eigenvalue weighted by Crippen LogP contribution is -2.47. The van der Waals surface area contributed by atoms with Crippen LogP contribution in [0.3, 0.4) is 0 Å². The van der Waals surface area contributed by atoms with Crippen LogP contribution < -0.4 is 10.6 Å². The monoisotopic (exact) mass is 284 g/mol. The second kappa shape index (κ2) is 6.44. The number of aliphatic hydroxyl groups is 1. The molecule has 3 N–H and O–H groups in total. The molecule has 0 saturated heterocycles. The lowest BCUT2D eigenvalue weighted by atomic mass is 9.71. The Hall–Kier alpha value is -0.610.